The summed E-state index contributed by atoms with van der Waals surface area (Å²) in [5.41, 5.74) is 1.15. The molecule has 0 aliphatic heterocycles. The van der Waals surface area contributed by atoms with Crippen molar-refractivity contribution in [2.45, 2.75) is 25.8 Å². The number of carbonyl (C=O) groups excluding carboxylic acids is 2. The van der Waals surface area contributed by atoms with Gasteiger partial charge in [0.2, 0.25) is 5.76 Å². The van der Waals surface area contributed by atoms with Crippen molar-refractivity contribution in [3.05, 3.63) is 82.2 Å². The van der Waals surface area contributed by atoms with Crippen LogP contribution in [-0.4, -0.2) is 24.5 Å². The van der Waals surface area contributed by atoms with Crippen LogP contribution < -0.4 is 10.7 Å². The average molecular weight is 379 g/mol. The fraction of sp³-hybridized carbons (Fsp3) is 0.227. The molecular weight excluding hydrogens is 358 g/mol. The average Bonchev–Trinajstić information content (AvgIpc) is 2.71. The third-order valence-electron chi connectivity index (χ3n) is 4.29. The van der Waals surface area contributed by atoms with E-state index in [0.29, 0.717) is 11.0 Å². The molecule has 3 aromatic rings. The van der Waals surface area contributed by atoms with E-state index in [0.717, 1.165) is 18.9 Å². The molecule has 6 nitrogen and oxygen atoms in total. The molecule has 3 rings (SSSR count). The van der Waals surface area contributed by atoms with Crippen LogP contribution in [-0.2, 0) is 16.0 Å². The largest absolute Gasteiger partial charge is 0.450 e. The summed E-state index contributed by atoms with van der Waals surface area (Å²) in [7, 11) is 0. The molecule has 2 aromatic carbocycles. The normalized spacial score (nSPS) is 11.8. The first-order chi connectivity index (χ1) is 13.5. The van der Waals surface area contributed by atoms with Gasteiger partial charge in [-0.1, -0.05) is 42.5 Å². The predicted octanol–water partition coefficient (Wildman–Crippen LogP) is 3.09. The summed E-state index contributed by atoms with van der Waals surface area (Å²) in [4.78, 5) is 36.1. The number of esters is 1. The zero-order valence-electron chi connectivity index (χ0n) is 15.5. The number of aryl methyl sites for hydroxylation is 1. The van der Waals surface area contributed by atoms with Crippen LogP contribution in [0.1, 0.15) is 29.5 Å². The highest BCUT2D eigenvalue weighted by atomic mass is 16.5. The maximum absolute atomic E-state index is 12.1. The monoisotopic (exact) mass is 379 g/mol. The van der Waals surface area contributed by atoms with Crippen LogP contribution in [0.15, 0.2) is 69.9 Å². The Bertz CT molecular complexity index is 1030. The van der Waals surface area contributed by atoms with Crippen molar-refractivity contribution in [2.75, 3.05) is 6.61 Å². The standard InChI is InChI=1S/C22H21NO5/c1-15(11-12-16-7-3-2-4-8-16)23-21(25)14-27-22(26)20-13-18(24)17-9-5-6-10-19(17)28-20/h2-10,13,15H,11-12,14H2,1H3,(H,23,25)/t15-/m1/s1. The first kappa shape index (κ1) is 19.4. The number of amides is 1. The molecule has 0 aliphatic carbocycles. The van der Waals surface area contributed by atoms with Crippen LogP contribution in [0.5, 0.6) is 0 Å². The van der Waals surface area contributed by atoms with Crippen molar-refractivity contribution in [1.82, 2.24) is 5.32 Å². The van der Waals surface area contributed by atoms with E-state index < -0.39 is 18.5 Å². The van der Waals surface area contributed by atoms with E-state index in [1.54, 1.807) is 24.3 Å². The quantitative estimate of drug-likeness (QED) is 0.638. The molecule has 28 heavy (non-hydrogen) atoms. The fourth-order valence-electron chi connectivity index (χ4n) is 2.82. The van der Waals surface area contributed by atoms with Crippen LogP contribution in [0.25, 0.3) is 11.0 Å². The molecular formula is C22H21NO5. The van der Waals surface area contributed by atoms with Crippen molar-refractivity contribution in [3.63, 3.8) is 0 Å². The van der Waals surface area contributed by atoms with E-state index in [1.807, 2.05) is 37.3 Å². The minimum Gasteiger partial charge on any atom is -0.450 e. The zero-order valence-corrected chi connectivity index (χ0v) is 15.5. The summed E-state index contributed by atoms with van der Waals surface area (Å²) in [5.74, 6) is -1.49. The van der Waals surface area contributed by atoms with E-state index in [1.165, 1.54) is 5.56 Å². The van der Waals surface area contributed by atoms with Gasteiger partial charge in [0.1, 0.15) is 5.58 Å². The SMILES string of the molecule is C[C@H](CCc1ccccc1)NC(=O)COC(=O)c1cc(=O)c2ccccc2o1. The lowest BCUT2D eigenvalue weighted by Crippen LogP contribution is -2.36. The molecule has 0 fully saturated rings. The Balaban J connectivity index is 1.50. The number of hydrogen-bond donors (Lipinski definition) is 1. The third kappa shape index (κ3) is 5.07. The Morgan fingerprint density at radius 2 is 1.79 bits per heavy atom. The van der Waals surface area contributed by atoms with Crippen molar-refractivity contribution >= 4 is 22.8 Å². The molecule has 1 amide bonds. The molecule has 0 unspecified atom stereocenters. The van der Waals surface area contributed by atoms with Gasteiger partial charge >= 0.3 is 5.97 Å². The van der Waals surface area contributed by atoms with Gasteiger partial charge in [-0.25, -0.2) is 4.79 Å². The number of nitrogens with one attached hydrogen (secondary N) is 1. The van der Waals surface area contributed by atoms with E-state index in [9.17, 15) is 14.4 Å². The van der Waals surface area contributed by atoms with Crippen LogP contribution in [0.3, 0.4) is 0 Å². The van der Waals surface area contributed by atoms with Crippen LogP contribution in [0, 0.1) is 0 Å². The number of rotatable bonds is 7. The van der Waals surface area contributed by atoms with Gasteiger partial charge in [-0.3, -0.25) is 9.59 Å². The summed E-state index contributed by atoms with van der Waals surface area (Å²) in [6, 6.07) is 17.6. The number of fused-ring (bicyclic) bond motifs is 1. The third-order valence-corrected chi connectivity index (χ3v) is 4.29. The van der Waals surface area contributed by atoms with Gasteiger partial charge in [0.05, 0.1) is 5.39 Å². The Morgan fingerprint density at radius 1 is 1.07 bits per heavy atom. The molecule has 6 heteroatoms. The first-order valence-corrected chi connectivity index (χ1v) is 9.06. The first-order valence-electron chi connectivity index (χ1n) is 9.06. The highest BCUT2D eigenvalue weighted by molar-refractivity contribution is 5.90. The van der Waals surface area contributed by atoms with Gasteiger partial charge in [-0.05, 0) is 37.5 Å². The summed E-state index contributed by atoms with van der Waals surface area (Å²) in [5, 5.41) is 3.17. The number of hydrogen-bond acceptors (Lipinski definition) is 5. The molecule has 0 bridgehead atoms. The van der Waals surface area contributed by atoms with Crippen molar-refractivity contribution < 1.29 is 18.7 Å². The molecule has 0 spiro atoms. The number of benzene rings is 2. The lowest BCUT2D eigenvalue weighted by Gasteiger charge is -2.14. The van der Waals surface area contributed by atoms with E-state index in [-0.39, 0.29) is 17.2 Å². The van der Waals surface area contributed by atoms with Gasteiger partial charge in [0.25, 0.3) is 5.91 Å². The van der Waals surface area contributed by atoms with Crippen LogP contribution >= 0.6 is 0 Å². The van der Waals surface area contributed by atoms with Crippen molar-refractivity contribution in [2.24, 2.45) is 0 Å². The molecule has 0 radical (unpaired) electrons. The highest BCUT2D eigenvalue weighted by Gasteiger charge is 2.16. The van der Waals surface area contributed by atoms with Gasteiger partial charge in [-0.2, -0.15) is 0 Å². The minimum atomic E-state index is -0.852. The summed E-state index contributed by atoms with van der Waals surface area (Å²) >= 11 is 0. The van der Waals surface area contributed by atoms with E-state index in [4.69, 9.17) is 9.15 Å². The lowest BCUT2D eigenvalue weighted by atomic mass is 10.1. The Labute approximate surface area is 162 Å². The second-order valence-electron chi connectivity index (χ2n) is 6.54. The second-order valence-corrected chi connectivity index (χ2v) is 6.54. The molecule has 1 atom stereocenters. The topological polar surface area (TPSA) is 85.6 Å². The number of ether oxygens (including phenoxy) is 1. The maximum atomic E-state index is 12.1. The van der Waals surface area contributed by atoms with Gasteiger partial charge < -0.3 is 14.5 Å². The number of para-hydroxylation sites is 1. The zero-order chi connectivity index (χ0) is 19.9. The molecule has 0 saturated heterocycles. The fourth-order valence-corrected chi connectivity index (χ4v) is 2.82. The summed E-state index contributed by atoms with van der Waals surface area (Å²) in [6.07, 6.45) is 1.60. The molecule has 0 saturated carbocycles. The second kappa shape index (κ2) is 8.99. The van der Waals surface area contributed by atoms with Gasteiger partial charge in [0, 0.05) is 12.1 Å². The van der Waals surface area contributed by atoms with Crippen LogP contribution in [0.4, 0.5) is 0 Å². The molecule has 0 aliphatic rings. The highest BCUT2D eigenvalue weighted by Crippen LogP contribution is 2.12. The molecule has 144 valence electrons. The summed E-state index contributed by atoms with van der Waals surface area (Å²) in [6.45, 7) is 1.45. The number of carbonyl (C=O) groups is 2. The van der Waals surface area contributed by atoms with E-state index in [2.05, 4.69) is 5.32 Å². The minimum absolute atomic E-state index is 0.0648. The van der Waals surface area contributed by atoms with Crippen LogP contribution in [0.2, 0.25) is 0 Å². The Kier molecular flexibility index (Phi) is 6.22. The van der Waals surface area contributed by atoms with E-state index >= 15 is 0 Å². The Hall–Kier alpha value is -3.41. The lowest BCUT2D eigenvalue weighted by molar-refractivity contribution is -0.124. The van der Waals surface area contributed by atoms with Crippen molar-refractivity contribution in [3.8, 4) is 0 Å². The maximum Gasteiger partial charge on any atom is 0.374 e. The summed E-state index contributed by atoms with van der Waals surface area (Å²) < 4.78 is 10.4. The molecule has 1 aromatic heterocycles. The van der Waals surface area contributed by atoms with Gasteiger partial charge in [-0.15, -0.1) is 0 Å². The van der Waals surface area contributed by atoms with Gasteiger partial charge in [0.15, 0.2) is 12.0 Å². The predicted molar refractivity (Wildman–Crippen MR) is 105 cm³/mol. The Morgan fingerprint density at radius 3 is 2.57 bits per heavy atom. The van der Waals surface area contributed by atoms with Crippen molar-refractivity contribution in [1.29, 1.82) is 0 Å². The molecule has 1 N–H and O–H groups in total. The smallest absolute Gasteiger partial charge is 0.374 e. The molecule has 1 heterocycles.